The van der Waals surface area contributed by atoms with Crippen molar-refractivity contribution in [1.82, 2.24) is 5.32 Å². The summed E-state index contributed by atoms with van der Waals surface area (Å²) in [7, 11) is 0. The molecule has 0 aromatic heterocycles. The number of imide groups is 2. The van der Waals surface area contributed by atoms with E-state index in [0.29, 0.717) is 33.8 Å². The van der Waals surface area contributed by atoms with Crippen molar-refractivity contribution in [2.75, 3.05) is 11.5 Å². The van der Waals surface area contributed by atoms with Gasteiger partial charge in [0.2, 0.25) is 0 Å². The third-order valence-corrected chi connectivity index (χ3v) is 6.04. The number of carbonyl (C=O) groups is 3. The molecule has 4 amide bonds. The molecule has 0 aliphatic carbocycles. The lowest BCUT2D eigenvalue weighted by atomic mass is 10.1. The van der Waals surface area contributed by atoms with Crippen molar-refractivity contribution in [1.29, 1.82) is 0 Å². The number of ether oxygens (including phenoxy) is 2. The summed E-state index contributed by atoms with van der Waals surface area (Å²) in [5.41, 5.74) is 1.26. The van der Waals surface area contributed by atoms with Crippen LogP contribution >= 0.6 is 15.9 Å². The van der Waals surface area contributed by atoms with Gasteiger partial charge in [0.05, 0.1) is 12.3 Å². The van der Waals surface area contributed by atoms with E-state index in [1.54, 1.807) is 54.6 Å². The van der Waals surface area contributed by atoms with Crippen molar-refractivity contribution in [3.63, 3.8) is 0 Å². The molecular weight excluding hydrogens is 543 g/mol. The van der Waals surface area contributed by atoms with Crippen LogP contribution in [0.5, 0.6) is 11.5 Å². The van der Waals surface area contributed by atoms with Gasteiger partial charge in [-0.3, -0.25) is 14.9 Å². The number of halogens is 2. The second kappa shape index (κ2) is 11.8. The average molecular weight is 567 g/mol. The quantitative estimate of drug-likeness (QED) is 0.195. The summed E-state index contributed by atoms with van der Waals surface area (Å²) in [6.45, 7) is 2.78. The maximum atomic E-state index is 13.3. The molecule has 0 saturated carbocycles. The molecule has 1 fully saturated rings. The number of rotatable bonds is 9. The third-order valence-electron chi connectivity index (χ3n) is 5.54. The highest BCUT2D eigenvalue weighted by molar-refractivity contribution is 9.10. The summed E-state index contributed by atoms with van der Waals surface area (Å²) in [4.78, 5) is 39.4. The number of nitrogens with zero attached hydrogens (tertiary/aromatic N) is 1. The highest BCUT2D eigenvalue weighted by Gasteiger charge is 2.37. The third kappa shape index (κ3) is 6.42. The fraction of sp³-hybridized carbons (Fsp3) is 0.179. The molecule has 9 heteroatoms. The van der Waals surface area contributed by atoms with E-state index in [-0.39, 0.29) is 18.0 Å². The number of carbonyl (C=O) groups excluding carboxylic acids is 3. The summed E-state index contributed by atoms with van der Waals surface area (Å²) in [5.74, 6) is -0.908. The van der Waals surface area contributed by atoms with Crippen molar-refractivity contribution in [2.24, 2.45) is 0 Å². The minimum atomic E-state index is -0.839. The number of urea groups is 1. The molecule has 1 aliphatic rings. The molecule has 1 heterocycles. The molecule has 0 radical (unpaired) electrons. The first-order chi connectivity index (χ1) is 17.9. The number of anilines is 1. The van der Waals surface area contributed by atoms with Crippen LogP contribution in [0.25, 0.3) is 6.08 Å². The van der Waals surface area contributed by atoms with Gasteiger partial charge in [-0.2, -0.15) is 0 Å². The van der Waals surface area contributed by atoms with E-state index in [4.69, 9.17) is 9.47 Å². The van der Waals surface area contributed by atoms with E-state index in [0.717, 1.165) is 23.3 Å². The molecule has 190 valence electrons. The topological polar surface area (TPSA) is 84.9 Å². The lowest BCUT2D eigenvalue weighted by Crippen LogP contribution is -2.54. The lowest BCUT2D eigenvalue weighted by molar-refractivity contribution is -0.122. The summed E-state index contributed by atoms with van der Waals surface area (Å²) in [6.07, 6.45) is 3.29. The van der Waals surface area contributed by atoms with Gasteiger partial charge in [-0.1, -0.05) is 41.4 Å². The Balaban J connectivity index is 1.59. The number of unbranched alkanes of at least 4 members (excludes halogenated alkanes) is 1. The Hall–Kier alpha value is -3.98. The summed E-state index contributed by atoms with van der Waals surface area (Å²) >= 11 is 3.39. The Bertz CT molecular complexity index is 1340. The molecule has 0 bridgehead atoms. The molecule has 3 aromatic carbocycles. The van der Waals surface area contributed by atoms with Crippen LogP contribution < -0.4 is 19.7 Å². The van der Waals surface area contributed by atoms with Crippen LogP contribution in [-0.4, -0.2) is 24.5 Å². The Morgan fingerprint density at radius 2 is 1.70 bits per heavy atom. The van der Waals surface area contributed by atoms with Gasteiger partial charge in [-0.15, -0.1) is 0 Å². The van der Waals surface area contributed by atoms with E-state index in [1.165, 1.54) is 18.2 Å². The molecule has 0 unspecified atom stereocenters. The van der Waals surface area contributed by atoms with Gasteiger partial charge in [-0.25, -0.2) is 14.1 Å². The fourth-order valence-electron chi connectivity index (χ4n) is 3.58. The number of benzene rings is 3. The van der Waals surface area contributed by atoms with Gasteiger partial charge >= 0.3 is 6.03 Å². The molecule has 1 aliphatic heterocycles. The summed E-state index contributed by atoms with van der Waals surface area (Å²) in [5, 5.41) is 2.22. The number of nitrogens with one attached hydrogen (secondary N) is 1. The van der Waals surface area contributed by atoms with Gasteiger partial charge in [0.15, 0.2) is 0 Å². The number of hydrogen-bond donors (Lipinski definition) is 1. The Labute approximate surface area is 222 Å². The van der Waals surface area contributed by atoms with Crippen LogP contribution in [0.1, 0.15) is 30.9 Å². The van der Waals surface area contributed by atoms with E-state index >= 15 is 0 Å². The minimum Gasteiger partial charge on any atom is -0.494 e. The van der Waals surface area contributed by atoms with Crippen LogP contribution in [0.2, 0.25) is 0 Å². The van der Waals surface area contributed by atoms with Crippen LogP contribution in [0, 0.1) is 5.82 Å². The summed E-state index contributed by atoms with van der Waals surface area (Å²) < 4.78 is 25.4. The standard InChI is InChI=1S/C28H24BrFN2O5/c1-2-3-14-36-23-11-9-22(10-12-23)32-27(34)24(26(33)31-28(32)35)16-19-15-20(29)6-13-25(19)37-17-18-4-7-21(30)8-5-18/h4-13,15-16H,2-3,14,17H2,1H3,(H,31,33,35)/b24-16-. The van der Waals surface area contributed by atoms with Crippen molar-refractivity contribution in [3.8, 4) is 11.5 Å². The van der Waals surface area contributed by atoms with Crippen molar-refractivity contribution in [3.05, 3.63) is 93.7 Å². The highest BCUT2D eigenvalue weighted by Crippen LogP contribution is 2.29. The average Bonchev–Trinajstić information content (AvgIpc) is 2.88. The van der Waals surface area contributed by atoms with E-state index in [2.05, 4.69) is 28.2 Å². The van der Waals surface area contributed by atoms with Crippen LogP contribution in [0.15, 0.2) is 76.8 Å². The van der Waals surface area contributed by atoms with Crippen molar-refractivity contribution < 1.29 is 28.2 Å². The Kier molecular flexibility index (Phi) is 8.35. The first-order valence-electron chi connectivity index (χ1n) is 11.7. The smallest absolute Gasteiger partial charge is 0.335 e. The first kappa shape index (κ1) is 26.1. The lowest BCUT2D eigenvalue weighted by Gasteiger charge is -2.26. The normalized spacial score (nSPS) is 14.6. The second-order valence-electron chi connectivity index (χ2n) is 8.25. The molecule has 1 saturated heterocycles. The van der Waals surface area contributed by atoms with E-state index in [9.17, 15) is 18.8 Å². The maximum absolute atomic E-state index is 13.3. The van der Waals surface area contributed by atoms with E-state index < -0.39 is 17.8 Å². The Morgan fingerprint density at radius 3 is 2.41 bits per heavy atom. The van der Waals surface area contributed by atoms with Crippen LogP contribution in [-0.2, 0) is 16.2 Å². The van der Waals surface area contributed by atoms with Gasteiger partial charge in [0.1, 0.15) is 29.5 Å². The largest absolute Gasteiger partial charge is 0.494 e. The molecule has 0 spiro atoms. The Morgan fingerprint density at radius 1 is 0.973 bits per heavy atom. The fourth-order valence-corrected chi connectivity index (χ4v) is 3.96. The minimum absolute atomic E-state index is 0.148. The molecular formula is C28H24BrFN2O5. The maximum Gasteiger partial charge on any atom is 0.335 e. The SMILES string of the molecule is CCCCOc1ccc(N2C(=O)NC(=O)/C(=C/c3cc(Br)ccc3OCc3ccc(F)cc3)C2=O)cc1. The predicted octanol–water partition coefficient (Wildman–Crippen LogP) is 6.01. The van der Waals surface area contributed by atoms with Gasteiger partial charge in [0, 0.05) is 10.0 Å². The molecule has 3 aromatic rings. The molecule has 7 nitrogen and oxygen atoms in total. The number of barbiturate groups is 1. The van der Waals surface area contributed by atoms with Crippen LogP contribution in [0.3, 0.4) is 0 Å². The van der Waals surface area contributed by atoms with Gasteiger partial charge in [-0.05, 0) is 72.7 Å². The second-order valence-corrected chi connectivity index (χ2v) is 9.17. The monoisotopic (exact) mass is 566 g/mol. The van der Waals surface area contributed by atoms with E-state index in [1.807, 2.05) is 0 Å². The van der Waals surface area contributed by atoms with Crippen molar-refractivity contribution in [2.45, 2.75) is 26.4 Å². The van der Waals surface area contributed by atoms with Gasteiger partial charge < -0.3 is 9.47 Å². The zero-order valence-corrected chi connectivity index (χ0v) is 21.6. The number of amides is 4. The zero-order valence-electron chi connectivity index (χ0n) is 20.0. The molecule has 4 rings (SSSR count). The highest BCUT2D eigenvalue weighted by atomic mass is 79.9. The van der Waals surface area contributed by atoms with Crippen molar-refractivity contribution >= 4 is 45.5 Å². The van der Waals surface area contributed by atoms with Gasteiger partial charge in [0.25, 0.3) is 11.8 Å². The number of hydrogen-bond acceptors (Lipinski definition) is 5. The zero-order chi connectivity index (χ0) is 26.4. The molecule has 37 heavy (non-hydrogen) atoms. The summed E-state index contributed by atoms with van der Waals surface area (Å²) in [6, 6.07) is 16.7. The predicted molar refractivity (Wildman–Crippen MR) is 141 cm³/mol. The molecule has 1 N–H and O–H groups in total. The molecule has 0 atom stereocenters. The first-order valence-corrected chi connectivity index (χ1v) is 12.5. The van der Waals surface area contributed by atoms with Crippen LogP contribution in [0.4, 0.5) is 14.9 Å².